The summed E-state index contributed by atoms with van der Waals surface area (Å²) in [5.41, 5.74) is 0.800. The summed E-state index contributed by atoms with van der Waals surface area (Å²) in [5, 5.41) is 0. The van der Waals surface area contributed by atoms with Crippen LogP contribution in [0.1, 0.15) is 32.3 Å². The van der Waals surface area contributed by atoms with Crippen molar-refractivity contribution in [2.24, 2.45) is 5.92 Å². The maximum atomic E-state index is 12.2. The zero-order valence-corrected chi connectivity index (χ0v) is 12.5. The average molecular weight is 273 g/mol. The lowest BCUT2D eigenvalue weighted by molar-refractivity contribution is 0.0289. The van der Waals surface area contributed by atoms with Gasteiger partial charge in [-0.25, -0.2) is 4.79 Å². The molecule has 1 aromatic carbocycles. The van der Waals surface area contributed by atoms with E-state index in [9.17, 15) is 4.79 Å². The largest absolute Gasteiger partial charge is 0.444 e. The summed E-state index contributed by atoms with van der Waals surface area (Å²) in [5.74, 6) is 0.589. The van der Waals surface area contributed by atoms with Crippen LogP contribution in [0, 0.1) is 5.92 Å². The minimum atomic E-state index is -0.453. The highest BCUT2D eigenvalue weighted by molar-refractivity contribution is 5.69. The van der Waals surface area contributed by atoms with E-state index in [2.05, 4.69) is 18.7 Å². The molecule has 3 nitrogen and oxygen atoms in total. The first-order valence-electron chi connectivity index (χ1n) is 7.06. The molecule has 1 aliphatic rings. The molecular weight excluding hydrogens is 250 g/mol. The summed E-state index contributed by atoms with van der Waals surface area (Å²) in [7, 11) is 0. The van der Waals surface area contributed by atoms with Crippen LogP contribution in [0.2, 0.25) is 0 Å². The van der Waals surface area contributed by atoms with Crippen LogP contribution < -0.4 is 0 Å². The third kappa shape index (κ3) is 3.41. The molecule has 3 heteroatoms. The average Bonchev–Trinajstić information content (AvgIpc) is 2.82. The maximum Gasteiger partial charge on any atom is 0.410 e. The molecule has 0 spiro atoms. The molecule has 108 valence electrons. The smallest absolute Gasteiger partial charge is 0.410 e. The van der Waals surface area contributed by atoms with Crippen LogP contribution in [0.15, 0.2) is 43.0 Å². The molecule has 0 aliphatic carbocycles. The number of ether oxygens (including phenoxy) is 1. The number of rotatable bonds is 2. The van der Waals surface area contributed by atoms with Crippen LogP contribution in [0.25, 0.3) is 0 Å². The van der Waals surface area contributed by atoms with E-state index < -0.39 is 5.60 Å². The van der Waals surface area contributed by atoms with Crippen LogP contribution in [0.3, 0.4) is 0 Å². The number of nitrogens with zero attached hydrogens (tertiary/aromatic N) is 1. The van der Waals surface area contributed by atoms with Crippen LogP contribution in [0.5, 0.6) is 0 Å². The molecule has 0 bridgehead atoms. The lowest BCUT2D eigenvalue weighted by atomic mass is 9.89. The molecule has 1 heterocycles. The van der Waals surface area contributed by atoms with Gasteiger partial charge in [0.2, 0.25) is 0 Å². The number of carbonyl (C=O) groups is 1. The van der Waals surface area contributed by atoms with Crippen molar-refractivity contribution in [3.8, 4) is 0 Å². The molecule has 20 heavy (non-hydrogen) atoms. The molecule has 0 aromatic heterocycles. The van der Waals surface area contributed by atoms with E-state index in [1.54, 1.807) is 4.90 Å². The third-order valence-electron chi connectivity index (χ3n) is 3.55. The summed E-state index contributed by atoms with van der Waals surface area (Å²) >= 11 is 0. The van der Waals surface area contributed by atoms with Gasteiger partial charge in [0.25, 0.3) is 0 Å². The molecule has 1 fully saturated rings. The van der Waals surface area contributed by atoms with Gasteiger partial charge in [-0.15, -0.1) is 6.58 Å². The highest BCUT2D eigenvalue weighted by Crippen LogP contribution is 2.33. The van der Waals surface area contributed by atoms with Crippen LogP contribution in [0.4, 0.5) is 4.79 Å². The zero-order valence-electron chi connectivity index (χ0n) is 12.5. The van der Waals surface area contributed by atoms with Gasteiger partial charge < -0.3 is 9.64 Å². The van der Waals surface area contributed by atoms with E-state index in [-0.39, 0.29) is 12.0 Å². The number of hydrogen-bond donors (Lipinski definition) is 0. The monoisotopic (exact) mass is 273 g/mol. The molecule has 1 saturated heterocycles. The quantitative estimate of drug-likeness (QED) is 0.767. The lowest BCUT2D eigenvalue weighted by Gasteiger charge is -2.24. The minimum Gasteiger partial charge on any atom is -0.444 e. The second-order valence-corrected chi connectivity index (χ2v) is 6.30. The van der Waals surface area contributed by atoms with Crippen molar-refractivity contribution < 1.29 is 9.53 Å². The summed E-state index contributed by atoms with van der Waals surface area (Å²) in [6.45, 7) is 10.9. The summed E-state index contributed by atoms with van der Waals surface area (Å²) < 4.78 is 5.45. The highest BCUT2D eigenvalue weighted by Gasteiger charge is 2.36. The Morgan fingerprint density at radius 3 is 2.50 bits per heavy atom. The Balaban J connectivity index is 2.10. The molecule has 2 atom stereocenters. The van der Waals surface area contributed by atoms with Gasteiger partial charge in [-0.2, -0.15) is 0 Å². The third-order valence-corrected chi connectivity index (χ3v) is 3.55. The Kier molecular flexibility index (Phi) is 4.17. The maximum absolute atomic E-state index is 12.2. The molecule has 1 amide bonds. The Labute approximate surface area is 121 Å². The Hall–Kier alpha value is -1.77. The normalized spacial score (nSPS) is 22.6. The fourth-order valence-electron chi connectivity index (χ4n) is 2.60. The molecule has 1 aromatic rings. The van der Waals surface area contributed by atoms with Crippen molar-refractivity contribution in [2.75, 3.05) is 13.1 Å². The number of amides is 1. The molecule has 0 unspecified atom stereocenters. The Bertz CT molecular complexity index is 476. The van der Waals surface area contributed by atoms with Gasteiger partial charge in [-0.3, -0.25) is 0 Å². The van der Waals surface area contributed by atoms with Gasteiger partial charge in [-0.1, -0.05) is 36.4 Å². The van der Waals surface area contributed by atoms with Crippen LogP contribution in [-0.2, 0) is 4.74 Å². The van der Waals surface area contributed by atoms with Crippen molar-refractivity contribution >= 4 is 6.09 Å². The standard InChI is InChI=1S/C17H23NO2/c1-5-13-11-18(16(19)20-17(2,3)4)12-15(13)14-9-7-6-8-10-14/h5-10,13,15H,1,11-12H2,2-4H3/t13-,15-/m1/s1. The first-order chi connectivity index (χ1) is 9.40. The summed E-state index contributed by atoms with van der Waals surface area (Å²) in [6, 6.07) is 10.3. The number of likely N-dealkylation sites (tertiary alicyclic amines) is 1. The first-order valence-corrected chi connectivity index (χ1v) is 7.06. The van der Waals surface area contributed by atoms with E-state index >= 15 is 0 Å². The van der Waals surface area contributed by atoms with E-state index in [0.29, 0.717) is 19.0 Å². The van der Waals surface area contributed by atoms with Crippen molar-refractivity contribution in [2.45, 2.75) is 32.3 Å². The fourth-order valence-corrected chi connectivity index (χ4v) is 2.60. The molecule has 0 saturated carbocycles. The molecule has 1 aliphatic heterocycles. The molecule has 0 radical (unpaired) electrons. The van der Waals surface area contributed by atoms with Gasteiger partial charge >= 0.3 is 6.09 Å². The van der Waals surface area contributed by atoms with Crippen molar-refractivity contribution in [3.05, 3.63) is 48.6 Å². The SMILES string of the molecule is C=C[C@@H]1CN(C(=O)OC(C)(C)C)C[C@H]1c1ccccc1. The van der Waals surface area contributed by atoms with E-state index in [4.69, 9.17) is 4.74 Å². The van der Waals surface area contributed by atoms with Gasteiger partial charge in [0, 0.05) is 24.9 Å². The number of hydrogen-bond acceptors (Lipinski definition) is 2. The van der Waals surface area contributed by atoms with E-state index in [0.717, 1.165) is 0 Å². The van der Waals surface area contributed by atoms with Crippen LogP contribution in [-0.4, -0.2) is 29.7 Å². The van der Waals surface area contributed by atoms with E-state index in [1.165, 1.54) is 5.56 Å². The Morgan fingerprint density at radius 2 is 1.95 bits per heavy atom. The van der Waals surface area contributed by atoms with Gasteiger partial charge in [0.05, 0.1) is 0 Å². The second kappa shape index (κ2) is 5.70. The first kappa shape index (κ1) is 14.6. The second-order valence-electron chi connectivity index (χ2n) is 6.30. The number of carbonyl (C=O) groups excluding carboxylic acids is 1. The van der Waals surface area contributed by atoms with E-state index in [1.807, 2.05) is 45.0 Å². The lowest BCUT2D eigenvalue weighted by Crippen LogP contribution is -2.35. The fraction of sp³-hybridized carbons (Fsp3) is 0.471. The zero-order chi connectivity index (χ0) is 14.8. The van der Waals surface area contributed by atoms with Gasteiger partial charge in [-0.05, 0) is 26.3 Å². The van der Waals surface area contributed by atoms with Gasteiger partial charge in [0.15, 0.2) is 0 Å². The van der Waals surface area contributed by atoms with Gasteiger partial charge in [0.1, 0.15) is 5.60 Å². The predicted molar refractivity (Wildman–Crippen MR) is 80.7 cm³/mol. The molecule has 2 rings (SSSR count). The summed E-state index contributed by atoms with van der Waals surface area (Å²) in [6.07, 6.45) is 1.71. The number of benzene rings is 1. The summed E-state index contributed by atoms with van der Waals surface area (Å²) in [4.78, 5) is 14.0. The van der Waals surface area contributed by atoms with Crippen molar-refractivity contribution in [1.82, 2.24) is 4.90 Å². The topological polar surface area (TPSA) is 29.5 Å². The minimum absolute atomic E-state index is 0.234. The van der Waals surface area contributed by atoms with Crippen molar-refractivity contribution in [1.29, 1.82) is 0 Å². The predicted octanol–water partition coefficient (Wildman–Crippen LogP) is 3.82. The highest BCUT2D eigenvalue weighted by atomic mass is 16.6. The van der Waals surface area contributed by atoms with Crippen LogP contribution >= 0.6 is 0 Å². The van der Waals surface area contributed by atoms with Crippen molar-refractivity contribution in [3.63, 3.8) is 0 Å². The molecular formula is C17H23NO2. The molecule has 0 N–H and O–H groups in total. The Morgan fingerprint density at radius 1 is 1.30 bits per heavy atom.